The van der Waals surface area contributed by atoms with E-state index >= 15 is 0 Å². The summed E-state index contributed by atoms with van der Waals surface area (Å²) in [7, 11) is -1.56. The van der Waals surface area contributed by atoms with Crippen LogP contribution in [-0.2, 0) is 17.4 Å². The van der Waals surface area contributed by atoms with Crippen LogP contribution in [0.1, 0.15) is 21.5 Å². The smallest absolute Gasteiger partial charge is 0.251 e. The first-order valence-corrected chi connectivity index (χ1v) is 9.99. The lowest BCUT2D eigenvalue weighted by Gasteiger charge is -2.21. The van der Waals surface area contributed by atoms with Crippen molar-refractivity contribution >= 4 is 28.2 Å². The molecule has 1 heterocycles. The summed E-state index contributed by atoms with van der Waals surface area (Å²) < 4.78 is 30.6. The Bertz CT molecular complexity index is 1060. The summed E-state index contributed by atoms with van der Waals surface area (Å²) in [6.45, 7) is 2.23. The summed E-state index contributed by atoms with van der Waals surface area (Å²) in [6, 6.07) is 15.4. The molecule has 0 fully saturated rings. The number of rotatable bonds is 7. The molecule has 3 rings (SSSR count). The number of carbonyl (C=O) groups is 1. The van der Waals surface area contributed by atoms with Crippen LogP contribution >= 0.6 is 0 Å². The molecule has 2 aromatic carbocycles. The Morgan fingerprint density at radius 1 is 1.14 bits per heavy atom. The van der Waals surface area contributed by atoms with Gasteiger partial charge in [-0.3, -0.25) is 9.78 Å². The number of methoxy groups -OCH3 is 1. The number of carbonyl (C=O) groups excluding carboxylic acids is 1. The molecule has 0 aliphatic rings. The monoisotopic (exact) mass is 411 g/mol. The molecule has 29 heavy (non-hydrogen) atoms. The Morgan fingerprint density at radius 2 is 1.90 bits per heavy atom. The third-order valence-electron chi connectivity index (χ3n) is 4.29. The lowest BCUT2D eigenvalue weighted by Crippen LogP contribution is -2.23. The molecule has 0 atom stereocenters. The molecular weight excluding hydrogens is 390 g/mol. The molecule has 1 aromatic heterocycles. The van der Waals surface area contributed by atoms with Crippen LogP contribution in [0.2, 0.25) is 0 Å². The van der Waals surface area contributed by atoms with Gasteiger partial charge < -0.3 is 10.1 Å². The molecule has 0 aliphatic carbocycles. The van der Waals surface area contributed by atoms with Gasteiger partial charge in [0.25, 0.3) is 5.91 Å². The van der Waals surface area contributed by atoms with Crippen molar-refractivity contribution in [3.8, 4) is 5.75 Å². The topological polar surface area (TPSA) is 88.6 Å². The molecule has 7 nitrogen and oxygen atoms in total. The molecule has 0 unspecified atom stereocenters. The molecule has 150 valence electrons. The predicted octanol–water partition coefficient (Wildman–Crippen LogP) is 2.99. The first-order chi connectivity index (χ1) is 14.0. The van der Waals surface area contributed by atoms with E-state index in [0.717, 1.165) is 15.4 Å². The van der Waals surface area contributed by atoms with E-state index in [9.17, 15) is 13.2 Å². The van der Waals surface area contributed by atoms with Crippen LogP contribution in [0.5, 0.6) is 5.75 Å². The molecule has 0 radical (unpaired) electrons. The van der Waals surface area contributed by atoms with Crippen LogP contribution in [0.25, 0.3) is 0 Å². The zero-order valence-corrected chi connectivity index (χ0v) is 16.9. The summed E-state index contributed by atoms with van der Waals surface area (Å²) >= 11 is 0. The molecule has 0 spiro atoms. The number of nitrogens with one attached hydrogen (secondary N) is 1. The SMILES string of the molecule is COc1ccc(C(=O)NCc2cccnc2)cc1N(c1ccc(C)cc1)[SH](=O)=O. The molecule has 1 amide bonds. The number of amides is 1. The minimum atomic E-state index is -3.01. The highest BCUT2D eigenvalue weighted by Crippen LogP contribution is 2.35. The highest BCUT2D eigenvalue weighted by Gasteiger charge is 2.19. The van der Waals surface area contributed by atoms with Crippen molar-refractivity contribution in [3.63, 3.8) is 0 Å². The zero-order valence-electron chi connectivity index (χ0n) is 16.0. The van der Waals surface area contributed by atoms with E-state index in [1.807, 2.05) is 25.1 Å². The number of aryl methyl sites for hydroxylation is 1. The fraction of sp³-hybridized carbons (Fsp3) is 0.143. The second kappa shape index (κ2) is 9.20. The van der Waals surface area contributed by atoms with Gasteiger partial charge in [0.1, 0.15) is 5.75 Å². The Morgan fingerprint density at radius 3 is 2.52 bits per heavy atom. The van der Waals surface area contributed by atoms with Gasteiger partial charge in [0.15, 0.2) is 0 Å². The van der Waals surface area contributed by atoms with Gasteiger partial charge in [-0.05, 0) is 48.9 Å². The second-order valence-corrected chi connectivity index (χ2v) is 7.19. The fourth-order valence-electron chi connectivity index (χ4n) is 2.79. The van der Waals surface area contributed by atoms with Gasteiger partial charge >= 0.3 is 0 Å². The molecule has 8 heteroatoms. The van der Waals surface area contributed by atoms with Crippen LogP contribution in [-0.4, -0.2) is 26.4 Å². The van der Waals surface area contributed by atoms with Gasteiger partial charge in [-0.1, -0.05) is 23.8 Å². The summed E-state index contributed by atoms with van der Waals surface area (Å²) in [5.41, 5.74) is 2.90. The molecule has 0 saturated heterocycles. The number of pyridine rings is 1. The van der Waals surface area contributed by atoms with Crippen LogP contribution in [0, 0.1) is 6.92 Å². The highest BCUT2D eigenvalue weighted by atomic mass is 32.2. The van der Waals surface area contributed by atoms with Gasteiger partial charge in [0.05, 0.1) is 18.5 Å². The summed E-state index contributed by atoms with van der Waals surface area (Å²) in [5.74, 6) is 0.0105. The molecule has 0 aliphatic heterocycles. The van der Waals surface area contributed by atoms with Crippen molar-refractivity contribution in [1.82, 2.24) is 10.3 Å². The van der Waals surface area contributed by atoms with Gasteiger partial charge in [-0.25, -0.2) is 12.7 Å². The summed E-state index contributed by atoms with van der Waals surface area (Å²) in [6.07, 6.45) is 3.33. The Kier molecular flexibility index (Phi) is 6.46. The average Bonchev–Trinajstić information content (AvgIpc) is 2.74. The van der Waals surface area contributed by atoms with Gasteiger partial charge in [-0.15, -0.1) is 0 Å². The maximum absolute atomic E-state index is 12.6. The van der Waals surface area contributed by atoms with Gasteiger partial charge in [-0.2, -0.15) is 0 Å². The van der Waals surface area contributed by atoms with Crippen LogP contribution in [0.4, 0.5) is 11.4 Å². The number of ether oxygens (including phenoxy) is 1. The van der Waals surface area contributed by atoms with Crippen molar-refractivity contribution in [2.75, 3.05) is 11.4 Å². The van der Waals surface area contributed by atoms with E-state index in [0.29, 0.717) is 23.5 Å². The van der Waals surface area contributed by atoms with Crippen molar-refractivity contribution in [1.29, 1.82) is 0 Å². The third-order valence-corrected chi connectivity index (χ3v) is 5.06. The van der Waals surface area contributed by atoms with Gasteiger partial charge in [0.2, 0.25) is 10.9 Å². The van der Waals surface area contributed by atoms with Crippen molar-refractivity contribution in [3.05, 3.63) is 83.7 Å². The fourth-order valence-corrected chi connectivity index (χ4v) is 3.45. The number of aromatic nitrogens is 1. The first-order valence-electron chi connectivity index (χ1n) is 8.86. The normalized spacial score (nSPS) is 10.6. The highest BCUT2D eigenvalue weighted by molar-refractivity contribution is 7.74. The van der Waals surface area contributed by atoms with Crippen LogP contribution in [0.3, 0.4) is 0 Å². The van der Waals surface area contributed by atoms with E-state index in [-0.39, 0.29) is 11.6 Å². The van der Waals surface area contributed by atoms with Crippen molar-refractivity contribution < 1.29 is 17.9 Å². The van der Waals surface area contributed by atoms with Gasteiger partial charge in [0, 0.05) is 24.5 Å². The number of hydrogen-bond acceptors (Lipinski definition) is 5. The van der Waals surface area contributed by atoms with E-state index in [4.69, 9.17) is 4.74 Å². The molecule has 3 aromatic rings. The van der Waals surface area contributed by atoms with Crippen LogP contribution < -0.4 is 14.4 Å². The average molecular weight is 411 g/mol. The van der Waals surface area contributed by atoms with Crippen LogP contribution in [0.15, 0.2) is 67.0 Å². The first kappa shape index (κ1) is 20.3. The second-order valence-electron chi connectivity index (χ2n) is 6.32. The quantitative estimate of drug-likeness (QED) is 0.584. The Hall–Kier alpha value is -3.39. The van der Waals surface area contributed by atoms with E-state index in [2.05, 4.69) is 10.3 Å². The minimum Gasteiger partial charge on any atom is -0.495 e. The maximum Gasteiger partial charge on any atom is 0.251 e. The third kappa shape index (κ3) is 4.91. The molecule has 1 N–H and O–H groups in total. The lowest BCUT2D eigenvalue weighted by molar-refractivity contribution is 0.0951. The number of nitrogens with zero attached hydrogens (tertiary/aromatic N) is 2. The van der Waals surface area contributed by atoms with E-state index in [1.54, 1.807) is 42.7 Å². The summed E-state index contributed by atoms with van der Waals surface area (Å²) in [4.78, 5) is 16.6. The zero-order chi connectivity index (χ0) is 20.8. The Balaban J connectivity index is 1.93. The number of anilines is 2. The minimum absolute atomic E-state index is 0.265. The van der Waals surface area contributed by atoms with E-state index in [1.165, 1.54) is 13.2 Å². The number of hydrogen-bond donors (Lipinski definition) is 2. The number of benzene rings is 2. The Labute approximate surface area is 171 Å². The summed E-state index contributed by atoms with van der Waals surface area (Å²) in [5, 5.41) is 2.81. The molecular formula is C21H21N3O4S. The maximum atomic E-state index is 12.6. The molecule has 0 saturated carbocycles. The molecule has 0 bridgehead atoms. The largest absolute Gasteiger partial charge is 0.495 e. The number of thiol groups is 1. The predicted molar refractivity (Wildman–Crippen MR) is 112 cm³/mol. The van der Waals surface area contributed by atoms with Crippen molar-refractivity contribution in [2.24, 2.45) is 0 Å². The lowest BCUT2D eigenvalue weighted by atomic mass is 10.1. The van der Waals surface area contributed by atoms with E-state index < -0.39 is 10.9 Å². The standard InChI is InChI=1S/C21H21N3O4S/c1-15-5-8-18(9-6-15)24(29(26)27)19-12-17(7-10-20(19)28-2)21(25)23-14-16-4-3-11-22-13-16/h3-13,29H,14H2,1-2H3,(H,23,25). The van der Waals surface area contributed by atoms with Crippen molar-refractivity contribution in [2.45, 2.75) is 13.5 Å².